The zero-order chi connectivity index (χ0) is 16.5. The Morgan fingerprint density at radius 1 is 1.25 bits per heavy atom. The molecule has 1 amide bonds. The first-order valence-electron chi connectivity index (χ1n) is 8.21. The molecule has 4 nitrogen and oxygen atoms in total. The van der Waals surface area contributed by atoms with Gasteiger partial charge >= 0.3 is 0 Å². The molecule has 3 aromatic rings. The first-order chi connectivity index (χ1) is 11.7. The molecule has 0 radical (unpaired) electrons. The second-order valence-corrected chi connectivity index (χ2v) is 7.25. The van der Waals surface area contributed by atoms with E-state index in [1.807, 2.05) is 47.3 Å². The van der Waals surface area contributed by atoms with E-state index in [0.717, 1.165) is 0 Å². The number of aromatic nitrogens is 2. The molecule has 1 N–H and O–H groups in total. The lowest BCUT2D eigenvalue weighted by Gasteiger charge is -2.17. The molecule has 122 valence electrons. The lowest BCUT2D eigenvalue weighted by Crippen LogP contribution is -2.19. The molecular formula is C19H19N3OS. The molecule has 1 saturated carbocycles. The predicted molar refractivity (Wildman–Crippen MR) is 96.7 cm³/mol. The van der Waals surface area contributed by atoms with Crippen molar-refractivity contribution in [3.8, 4) is 0 Å². The van der Waals surface area contributed by atoms with E-state index in [-0.39, 0.29) is 11.9 Å². The van der Waals surface area contributed by atoms with Gasteiger partial charge < -0.3 is 4.57 Å². The van der Waals surface area contributed by atoms with Crippen LogP contribution in [0.1, 0.15) is 52.7 Å². The van der Waals surface area contributed by atoms with Crippen LogP contribution in [0, 0.1) is 0 Å². The number of nitrogens with one attached hydrogen (secondary N) is 1. The van der Waals surface area contributed by atoms with Crippen molar-refractivity contribution < 1.29 is 4.79 Å². The van der Waals surface area contributed by atoms with E-state index in [1.165, 1.54) is 23.3 Å². The van der Waals surface area contributed by atoms with Crippen molar-refractivity contribution in [1.82, 2.24) is 9.55 Å². The third kappa shape index (κ3) is 2.99. The van der Waals surface area contributed by atoms with Gasteiger partial charge in [-0.25, -0.2) is 4.98 Å². The van der Waals surface area contributed by atoms with E-state index in [2.05, 4.69) is 29.4 Å². The zero-order valence-electron chi connectivity index (χ0n) is 13.5. The molecule has 1 aromatic carbocycles. The van der Waals surface area contributed by atoms with Crippen molar-refractivity contribution >= 4 is 22.4 Å². The van der Waals surface area contributed by atoms with Gasteiger partial charge in [0.1, 0.15) is 5.69 Å². The average Bonchev–Trinajstić information content (AvgIpc) is 3.16. The molecule has 1 aliphatic carbocycles. The van der Waals surface area contributed by atoms with E-state index < -0.39 is 0 Å². The maximum atomic E-state index is 12.7. The maximum Gasteiger partial charge on any atom is 0.274 e. The Balaban J connectivity index is 1.53. The largest absolute Gasteiger partial charge is 0.336 e. The van der Waals surface area contributed by atoms with E-state index in [1.54, 1.807) is 11.3 Å². The normalized spacial score (nSPS) is 15.2. The highest BCUT2D eigenvalue weighted by Crippen LogP contribution is 2.43. The topological polar surface area (TPSA) is 46.9 Å². The van der Waals surface area contributed by atoms with Crippen LogP contribution in [0.5, 0.6) is 0 Å². The number of hydrogen-bond donors (Lipinski definition) is 1. The van der Waals surface area contributed by atoms with E-state index >= 15 is 0 Å². The SMILES string of the molecule is C[C@@H](c1ccccc1)n1cccc1C(=O)Nc1ncc(C2CC2)s1. The quantitative estimate of drug-likeness (QED) is 0.734. The Labute approximate surface area is 145 Å². The lowest BCUT2D eigenvalue weighted by atomic mass is 10.1. The number of thiazole rings is 1. The van der Waals surface area contributed by atoms with Gasteiger partial charge in [-0.1, -0.05) is 30.3 Å². The molecule has 0 aliphatic heterocycles. The summed E-state index contributed by atoms with van der Waals surface area (Å²) >= 11 is 1.59. The molecule has 0 bridgehead atoms. The van der Waals surface area contributed by atoms with Gasteiger partial charge in [-0.3, -0.25) is 10.1 Å². The van der Waals surface area contributed by atoms with Gasteiger partial charge in [0.2, 0.25) is 0 Å². The van der Waals surface area contributed by atoms with Crippen molar-refractivity contribution in [3.05, 3.63) is 71.0 Å². The fraction of sp³-hybridized carbons (Fsp3) is 0.263. The number of anilines is 1. The summed E-state index contributed by atoms with van der Waals surface area (Å²) in [5.41, 5.74) is 1.82. The molecule has 24 heavy (non-hydrogen) atoms. The number of carbonyl (C=O) groups is 1. The van der Waals surface area contributed by atoms with E-state index in [4.69, 9.17) is 0 Å². The summed E-state index contributed by atoms with van der Waals surface area (Å²) in [6.45, 7) is 2.10. The summed E-state index contributed by atoms with van der Waals surface area (Å²) in [6, 6.07) is 14.0. The molecule has 0 spiro atoms. The summed E-state index contributed by atoms with van der Waals surface area (Å²) in [7, 11) is 0. The van der Waals surface area contributed by atoms with Crippen LogP contribution in [0.2, 0.25) is 0 Å². The van der Waals surface area contributed by atoms with Crippen molar-refractivity contribution in [2.24, 2.45) is 0 Å². The summed E-state index contributed by atoms with van der Waals surface area (Å²) < 4.78 is 2.00. The number of carbonyl (C=O) groups excluding carboxylic acids is 1. The van der Waals surface area contributed by atoms with Crippen LogP contribution in [-0.4, -0.2) is 15.5 Å². The number of rotatable bonds is 5. The van der Waals surface area contributed by atoms with Crippen LogP contribution in [0.25, 0.3) is 0 Å². The molecule has 0 saturated heterocycles. The Morgan fingerprint density at radius 3 is 2.79 bits per heavy atom. The van der Waals surface area contributed by atoms with Gasteiger partial charge in [0.15, 0.2) is 5.13 Å². The maximum absolute atomic E-state index is 12.7. The Morgan fingerprint density at radius 2 is 2.04 bits per heavy atom. The molecule has 5 heteroatoms. The van der Waals surface area contributed by atoms with Crippen LogP contribution in [0.15, 0.2) is 54.9 Å². The molecular weight excluding hydrogens is 318 g/mol. The highest BCUT2D eigenvalue weighted by molar-refractivity contribution is 7.15. The molecule has 4 rings (SSSR count). The molecule has 2 heterocycles. The van der Waals surface area contributed by atoms with Crippen LogP contribution < -0.4 is 5.32 Å². The summed E-state index contributed by atoms with van der Waals surface area (Å²) in [4.78, 5) is 18.3. The Kier molecular flexibility index (Phi) is 3.94. The van der Waals surface area contributed by atoms with Gasteiger partial charge in [0.25, 0.3) is 5.91 Å². The first-order valence-corrected chi connectivity index (χ1v) is 9.03. The number of hydrogen-bond acceptors (Lipinski definition) is 3. The second kappa shape index (κ2) is 6.24. The van der Waals surface area contributed by atoms with Gasteiger partial charge in [0, 0.05) is 17.3 Å². The predicted octanol–water partition coefficient (Wildman–Crippen LogP) is 4.68. The highest BCUT2D eigenvalue weighted by atomic mass is 32.1. The smallest absolute Gasteiger partial charge is 0.274 e. The lowest BCUT2D eigenvalue weighted by molar-refractivity contribution is 0.101. The molecule has 1 fully saturated rings. The fourth-order valence-electron chi connectivity index (χ4n) is 2.88. The average molecular weight is 337 g/mol. The van der Waals surface area contributed by atoms with Crippen LogP contribution >= 0.6 is 11.3 Å². The summed E-state index contributed by atoms with van der Waals surface area (Å²) in [5, 5.41) is 3.62. The van der Waals surface area contributed by atoms with Crippen molar-refractivity contribution in [2.75, 3.05) is 5.32 Å². The molecule has 0 unspecified atom stereocenters. The van der Waals surface area contributed by atoms with Crippen LogP contribution in [0.3, 0.4) is 0 Å². The number of benzene rings is 1. The zero-order valence-corrected chi connectivity index (χ0v) is 14.3. The van der Waals surface area contributed by atoms with Gasteiger partial charge in [-0.05, 0) is 43.4 Å². The number of amides is 1. The first kappa shape index (κ1) is 15.1. The minimum absolute atomic E-state index is 0.0975. The third-order valence-corrected chi connectivity index (χ3v) is 5.51. The minimum atomic E-state index is -0.112. The van der Waals surface area contributed by atoms with E-state index in [0.29, 0.717) is 16.7 Å². The van der Waals surface area contributed by atoms with Crippen LogP contribution in [-0.2, 0) is 0 Å². The Hall–Kier alpha value is -2.40. The van der Waals surface area contributed by atoms with E-state index in [9.17, 15) is 4.79 Å². The molecule has 1 atom stereocenters. The number of nitrogens with zero attached hydrogens (tertiary/aromatic N) is 2. The molecule has 1 aliphatic rings. The van der Waals surface area contributed by atoms with Gasteiger partial charge in [-0.2, -0.15) is 0 Å². The minimum Gasteiger partial charge on any atom is -0.336 e. The molecule has 2 aromatic heterocycles. The van der Waals surface area contributed by atoms with Crippen molar-refractivity contribution in [1.29, 1.82) is 0 Å². The summed E-state index contributed by atoms with van der Waals surface area (Å²) in [6.07, 6.45) is 6.33. The monoisotopic (exact) mass is 337 g/mol. The van der Waals surface area contributed by atoms with Gasteiger partial charge in [0.05, 0.1) is 6.04 Å². The summed E-state index contributed by atoms with van der Waals surface area (Å²) in [5.74, 6) is 0.551. The van der Waals surface area contributed by atoms with Crippen LogP contribution in [0.4, 0.5) is 5.13 Å². The van der Waals surface area contributed by atoms with Gasteiger partial charge in [-0.15, -0.1) is 11.3 Å². The third-order valence-electron chi connectivity index (χ3n) is 4.43. The van der Waals surface area contributed by atoms with Crippen molar-refractivity contribution in [2.45, 2.75) is 31.7 Å². The second-order valence-electron chi connectivity index (χ2n) is 6.18. The fourth-order valence-corrected chi connectivity index (χ4v) is 3.86. The standard InChI is InChI=1S/C19H19N3OS/c1-13(14-6-3-2-4-7-14)22-11-5-8-16(22)18(23)21-19-20-12-17(24-19)15-9-10-15/h2-8,11-13,15H,9-10H2,1H3,(H,20,21,23)/t13-/m0/s1. The van der Waals surface area contributed by atoms with Crippen molar-refractivity contribution in [3.63, 3.8) is 0 Å². The Bertz CT molecular complexity index is 848. The highest BCUT2D eigenvalue weighted by Gasteiger charge is 2.26.